The highest BCUT2D eigenvalue weighted by atomic mass is 35.5. The maximum absolute atomic E-state index is 10.6. The van der Waals surface area contributed by atoms with Crippen molar-refractivity contribution in [2.24, 2.45) is 0 Å². The van der Waals surface area contributed by atoms with Gasteiger partial charge in [-0.25, -0.2) is 0 Å². The fourth-order valence-electron chi connectivity index (χ4n) is 3.64. The molecule has 0 fully saturated rings. The molecule has 0 saturated carbocycles. The van der Waals surface area contributed by atoms with E-state index in [0.29, 0.717) is 23.0 Å². The van der Waals surface area contributed by atoms with Crippen LogP contribution in [0, 0.1) is 0 Å². The van der Waals surface area contributed by atoms with Gasteiger partial charge >= 0.3 is 0 Å². The lowest BCUT2D eigenvalue weighted by Crippen LogP contribution is -2.30. The SMILES string of the molecule is CN(Cc1cc(-c2ccccc2)no1)[C@H]1c2cc(Cl)cc(Cl)c2C[C@@H]1O. The molecule has 2 atom stereocenters. The quantitative estimate of drug-likeness (QED) is 0.701. The number of hydrogen-bond acceptors (Lipinski definition) is 4. The van der Waals surface area contributed by atoms with Gasteiger partial charge in [0.1, 0.15) is 5.69 Å². The summed E-state index contributed by atoms with van der Waals surface area (Å²) in [5, 5.41) is 15.9. The summed E-state index contributed by atoms with van der Waals surface area (Å²) >= 11 is 12.5. The van der Waals surface area contributed by atoms with Crippen LogP contribution in [0.25, 0.3) is 11.3 Å². The first kappa shape index (κ1) is 17.6. The maximum atomic E-state index is 10.6. The van der Waals surface area contributed by atoms with E-state index in [2.05, 4.69) is 5.16 Å². The van der Waals surface area contributed by atoms with Crippen molar-refractivity contribution in [1.82, 2.24) is 10.1 Å². The molecule has 0 bridgehead atoms. The van der Waals surface area contributed by atoms with E-state index in [-0.39, 0.29) is 6.04 Å². The van der Waals surface area contributed by atoms with E-state index in [1.165, 1.54) is 0 Å². The summed E-state index contributed by atoms with van der Waals surface area (Å²) < 4.78 is 5.49. The van der Waals surface area contributed by atoms with Crippen LogP contribution in [0.15, 0.2) is 53.1 Å². The van der Waals surface area contributed by atoms with Crippen molar-refractivity contribution in [3.05, 3.63) is 75.5 Å². The molecule has 1 N–H and O–H groups in total. The molecule has 4 rings (SSSR count). The van der Waals surface area contributed by atoms with E-state index in [9.17, 15) is 5.11 Å². The molecule has 0 spiro atoms. The number of fused-ring (bicyclic) bond motifs is 1. The van der Waals surface area contributed by atoms with Crippen LogP contribution in [0.2, 0.25) is 10.0 Å². The van der Waals surface area contributed by atoms with Gasteiger partial charge in [0.2, 0.25) is 0 Å². The number of halogens is 2. The lowest BCUT2D eigenvalue weighted by molar-refractivity contribution is 0.0677. The maximum Gasteiger partial charge on any atom is 0.151 e. The number of aromatic nitrogens is 1. The second-order valence-corrected chi connectivity index (χ2v) is 7.47. The molecule has 4 nitrogen and oxygen atoms in total. The van der Waals surface area contributed by atoms with E-state index in [4.69, 9.17) is 27.7 Å². The van der Waals surface area contributed by atoms with Gasteiger partial charge < -0.3 is 9.63 Å². The molecule has 1 aliphatic carbocycles. The zero-order valence-corrected chi connectivity index (χ0v) is 15.7. The van der Waals surface area contributed by atoms with Crippen molar-refractivity contribution < 1.29 is 9.63 Å². The van der Waals surface area contributed by atoms with Crippen molar-refractivity contribution in [3.63, 3.8) is 0 Å². The first-order valence-corrected chi connectivity index (χ1v) is 9.15. The van der Waals surface area contributed by atoms with Gasteiger partial charge in [-0.15, -0.1) is 0 Å². The van der Waals surface area contributed by atoms with E-state index in [0.717, 1.165) is 28.1 Å². The summed E-state index contributed by atoms with van der Waals surface area (Å²) in [6.07, 6.45) is -0.0195. The van der Waals surface area contributed by atoms with Crippen molar-refractivity contribution in [2.75, 3.05) is 7.05 Å². The minimum atomic E-state index is -0.539. The molecule has 2 aromatic carbocycles. The number of hydrogen-bond donors (Lipinski definition) is 1. The first-order valence-electron chi connectivity index (χ1n) is 8.40. The molecule has 0 radical (unpaired) electrons. The fraction of sp³-hybridized carbons (Fsp3) is 0.250. The van der Waals surface area contributed by atoms with Crippen LogP contribution in [-0.2, 0) is 13.0 Å². The number of nitrogens with zero attached hydrogens (tertiary/aromatic N) is 2. The van der Waals surface area contributed by atoms with Crippen LogP contribution in [0.5, 0.6) is 0 Å². The van der Waals surface area contributed by atoms with Crippen molar-refractivity contribution in [1.29, 1.82) is 0 Å². The highest BCUT2D eigenvalue weighted by Gasteiger charge is 2.36. The Bertz CT molecular complexity index is 927. The molecule has 26 heavy (non-hydrogen) atoms. The molecule has 1 aliphatic rings. The normalized spacial score (nSPS) is 19.1. The Labute approximate surface area is 161 Å². The Kier molecular flexibility index (Phi) is 4.76. The van der Waals surface area contributed by atoms with Crippen LogP contribution >= 0.6 is 23.2 Å². The van der Waals surface area contributed by atoms with Gasteiger partial charge in [-0.3, -0.25) is 4.90 Å². The summed E-state index contributed by atoms with van der Waals surface area (Å²) in [7, 11) is 1.95. The van der Waals surface area contributed by atoms with Gasteiger partial charge in [-0.1, -0.05) is 58.7 Å². The van der Waals surface area contributed by atoms with Gasteiger partial charge in [0, 0.05) is 28.1 Å². The van der Waals surface area contributed by atoms with Crippen LogP contribution in [0.1, 0.15) is 22.9 Å². The lowest BCUT2D eigenvalue weighted by Gasteiger charge is -2.27. The number of rotatable bonds is 4. The zero-order valence-electron chi connectivity index (χ0n) is 14.2. The van der Waals surface area contributed by atoms with E-state index < -0.39 is 6.10 Å². The molecular weight excluding hydrogens is 371 g/mol. The lowest BCUT2D eigenvalue weighted by atomic mass is 10.1. The van der Waals surface area contributed by atoms with Crippen LogP contribution in [0.3, 0.4) is 0 Å². The number of benzene rings is 2. The Morgan fingerprint density at radius 2 is 1.96 bits per heavy atom. The molecule has 0 saturated heterocycles. The van der Waals surface area contributed by atoms with Gasteiger partial charge in [-0.2, -0.15) is 0 Å². The zero-order chi connectivity index (χ0) is 18.3. The van der Waals surface area contributed by atoms with Crippen LogP contribution in [-0.4, -0.2) is 28.3 Å². The van der Waals surface area contributed by atoms with Crippen LogP contribution in [0.4, 0.5) is 0 Å². The van der Waals surface area contributed by atoms with Crippen molar-refractivity contribution in [3.8, 4) is 11.3 Å². The van der Waals surface area contributed by atoms with Crippen LogP contribution < -0.4 is 0 Å². The highest BCUT2D eigenvalue weighted by molar-refractivity contribution is 6.35. The summed E-state index contributed by atoms with van der Waals surface area (Å²) in [6.45, 7) is 0.519. The molecule has 1 aromatic heterocycles. The number of aliphatic hydroxyl groups is 1. The largest absolute Gasteiger partial charge is 0.391 e. The minimum absolute atomic E-state index is 0.188. The monoisotopic (exact) mass is 388 g/mol. The molecule has 134 valence electrons. The van der Waals surface area contributed by atoms with Gasteiger partial charge in [0.25, 0.3) is 0 Å². The molecule has 0 aliphatic heterocycles. The Hall–Kier alpha value is -1.85. The molecule has 0 amide bonds. The Balaban J connectivity index is 1.56. The van der Waals surface area contributed by atoms with Gasteiger partial charge in [0.15, 0.2) is 5.76 Å². The molecule has 0 unspecified atom stereocenters. The third kappa shape index (κ3) is 3.26. The Morgan fingerprint density at radius 1 is 1.19 bits per heavy atom. The first-order chi connectivity index (χ1) is 12.5. The standard InChI is InChI=1S/C20H18Cl2N2O2/c1-24(11-14-9-18(23-26-14)12-5-3-2-4-6-12)20-16-7-13(21)8-17(22)15(16)10-19(20)25/h2-9,19-20,25H,10-11H2,1H3/t19-,20-/m0/s1. The third-order valence-electron chi connectivity index (χ3n) is 4.80. The summed E-state index contributed by atoms with van der Waals surface area (Å²) in [5.74, 6) is 0.736. The number of aliphatic hydroxyl groups excluding tert-OH is 1. The summed E-state index contributed by atoms with van der Waals surface area (Å²) in [6, 6.07) is 15.2. The summed E-state index contributed by atoms with van der Waals surface area (Å²) in [5.41, 5.74) is 3.74. The average Bonchev–Trinajstić information content (AvgIpc) is 3.20. The summed E-state index contributed by atoms with van der Waals surface area (Å²) in [4.78, 5) is 2.04. The van der Waals surface area contributed by atoms with E-state index in [1.54, 1.807) is 6.07 Å². The van der Waals surface area contributed by atoms with Crippen molar-refractivity contribution in [2.45, 2.75) is 25.1 Å². The van der Waals surface area contributed by atoms with Gasteiger partial charge in [0.05, 0.1) is 18.7 Å². The molecular formula is C20H18Cl2N2O2. The molecule has 6 heteroatoms. The third-order valence-corrected chi connectivity index (χ3v) is 5.36. The topological polar surface area (TPSA) is 49.5 Å². The second kappa shape index (κ2) is 7.05. The Morgan fingerprint density at radius 3 is 2.73 bits per heavy atom. The average molecular weight is 389 g/mol. The molecule has 3 aromatic rings. The van der Waals surface area contributed by atoms with E-state index in [1.807, 2.05) is 54.4 Å². The second-order valence-electron chi connectivity index (χ2n) is 6.63. The molecule has 1 heterocycles. The number of likely N-dealkylation sites (N-methyl/N-ethyl adjacent to an activating group) is 1. The van der Waals surface area contributed by atoms with E-state index >= 15 is 0 Å². The minimum Gasteiger partial charge on any atom is -0.391 e. The van der Waals surface area contributed by atoms with Crippen molar-refractivity contribution >= 4 is 23.2 Å². The predicted octanol–water partition coefficient (Wildman–Crippen LogP) is 4.74. The predicted molar refractivity (Wildman–Crippen MR) is 102 cm³/mol. The highest BCUT2D eigenvalue weighted by Crippen LogP contribution is 2.41. The van der Waals surface area contributed by atoms with Gasteiger partial charge in [-0.05, 0) is 30.3 Å². The fourth-order valence-corrected chi connectivity index (χ4v) is 4.22. The smallest absolute Gasteiger partial charge is 0.151 e.